The Kier molecular flexibility index (Phi) is 8.97. The quantitative estimate of drug-likeness (QED) is 0.286. The predicted octanol–water partition coefficient (Wildman–Crippen LogP) is 1.58. The highest BCUT2D eigenvalue weighted by Gasteiger charge is 2.54. The Balaban J connectivity index is 1.86. The number of fused-ring (bicyclic) bond motifs is 1. The van der Waals surface area contributed by atoms with E-state index in [1.54, 1.807) is 54.6 Å². The fourth-order valence-corrected chi connectivity index (χ4v) is 4.36. The summed E-state index contributed by atoms with van der Waals surface area (Å²) in [5.74, 6) is -2.95. The number of carbonyl (C=O) groups excluding carboxylic acids is 4. The Morgan fingerprint density at radius 3 is 2.00 bits per heavy atom. The molecule has 1 aromatic heterocycles. The van der Waals surface area contributed by atoms with Gasteiger partial charge >= 0.3 is 23.9 Å². The normalized spacial score (nSPS) is 21.9. The molecular formula is C28H28N2O11. The van der Waals surface area contributed by atoms with Crippen molar-refractivity contribution in [2.24, 2.45) is 0 Å². The molecule has 0 saturated carbocycles. The van der Waals surface area contributed by atoms with Gasteiger partial charge in [0.2, 0.25) is 6.10 Å². The topological polar surface area (TPSA) is 159 Å². The molecule has 5 atom stereocenters. The average molecular weight is 569 g/mol. The third kappa shape index (κ3) is 6.87. The van der Waals surface area contributed by atoms with E-state index in [1.807, 2.05) is 0 Å². The van der Waals surface area contributed by atoms with Gasteiger partial charge in [-0.3, -0.25) is 24.0 Å². The zero-order chi connectivity index (χ0) is 29.7. The van der Waals surface area contributed by atoms with E-state index in [0.717, 1.165) is 32.4 Å². The summed E-state index contributed by atoms with van der Waals surface area (Å²) < 4.78 is 28.3. The summed E-state index contributed by atoms with van der Waals surface area (Å²) in [6.07, 6.45) is -7.26. The molecule has 2 aromatic carbocycles. The Hall–Kier alpha value is -4.78. The second kappa shape index (κ2) is 12.6. The largest absolute Gasteiger partial charge is 0.463 e. The van der Waals surface area contributed by atoms with Crippen molar-refractivity contribution in [1.82, 2.24) is 9.71 Å². The Bertz CT molecular complexity index is 1500. The molecule has 3 aromatic rings. The first-order valence-corrected chi connectivity index (χ1v) is 12.6. The molecule has 0 amide bonds. The van der Waals surface area contributed by atoms with Gasteiger partial charge in [-0.15, -0.1) is 4.73 Å². The van der Waals surface area contributed by atoms with E-state index in [9.17, 15) is 24.0 Å². The van der Waals surface area contributed by atoms with Crippen LogP contribution in [-0.4, -0.2) is 70.9 Å². The molecule has 0 aliphatic carbocycles. The first-order valence-electron chi connectivity index (χ1n) is 12.6. The van der Waals surface area contributed by atoms with E-state index in [-0.39, 0.29) is 11.2 Å². The van der Waals surface area contributed by atoms with Crippen LogP contribution in [-0.2, 0) is 42.9 Å². The summed E-state index contributed by atoms with van der Waals surface area (Å²) in [6, 6.07) is 15.3. The molecule has 41 heavy (non-hydrogen) atoms. The number of carbonyl (C=O) groups is 4. The van der Waals surface area contributed by atoms with Crippen molar-refractivity contribution in [2.45, 2.75) is 58.4 Å². The molecule has 0 spiro atoms. The van der Waals surface area contributed by atoms with Gasteiger partial charge in [0.25, 0.3) is 11.8 Å². The van der Waals surface area contributed by atoms with E-state index >= 15 is 0 Å². The van der Waals surface area contributed by atoms with Crippen LogP contribution in [0.25, 0.3) is 22.3 Å². The van der Waals surface area contributed by atoms with Crippen molar-refractivity contribution in [2.75, 3.05) is 6.61 Å². The minimum absolute atomic E-state index is 0.0992. The molecule has 1 saturated heterocycles. The van der Waals surface area contributed by atoms with Crippen LogP contribution in [0.4, 0.5) is 0 Å². The van der Waals surface area contributed by atoms with Crippen molar-refractivity contribution in [3.63, 3.8) is 0 Å². The number of hydrogen-bond donors (Lipinski definition) is 0. The molecule has 0 radical (unpaired) electrons. The van der Waals surface area contributed by atoms with Gasteiger partial charge in [-0.25, -0.2) is 4.98 Å². The second-order valence-electron chi connectivity index (χ2n) is 9.09. The van der Waals surface area contributed by atoms with Gasteiger partial charge in [-0.05, 0) is 12.1 Å². The molecule has 1 fully saturated rings. The lowest BCUT2D eigenvalue weighted by atomic mass is 9.98. The Morgan fingerprint density at radius 1 is 0.780 bits per heavy atom. The number of rotatable bonds is 8. The molecule has 1 aliphatic rings. The maximum absolute atomic E-state index is 13.7. The van der Waals surface area contributed by atoms with Crippen LogP contribution in [0.5, 0.6) is 0 Å². The molecule has 0 unspecified atom stereocenters. The lowest BCUT2D eigenvalue weighted by Gasteiger charge is -2.43. The van der Waals surface area contributed by atoms with Gasteiger partial charge in [0.05, 0.1) is 10.9 Å². The number of nitrogens with zero attached hydrogens (tertiary/aromatic N) is 2. The fraction of sp³-hybridized carbons (Fsp3) is 0.357. The number of hydrogen-bond acceptors (Lipinski definition) is 12. The summed E-state index contributed by atoms with van der Waals surface area (Å²) in [6.45, 7) is 4.03. The first kappa shape index (κ1) is 29.2. The van der Waals surface area contributed by atoms with Crippen molar-refractivity contribution < 1.29 is 47.7 Å². The van der Waals surface area contributed by atoms with Gasteiger partial charge in [0.1, 0.15) is 12.7 Å². The third-order valence-electron chi connectivity index (χ3n) is 5.93. The predicted molar refractivity (Wildman–Crippen MR) is 140 cm³/mol. The first-order chi connectivity index (χ1) is 19.5. The summed E-state index contributed by atoms with van der Waals surface area (Å²) in [7, 11) is 0. The molecular weight excluding hydrogens is 540 g/mol. The zero-order valence-corrected chi connectivity index (χ0v) is 22.7. The van der Waals surface area contributed by atoms with Crippen LogP contribution >= 0.6 is 0 Å². The maximum Gasteiger partial charge on any atom is 0.303 e. The molecule has 2 heterocycles. The van der Waals surface area contributed by atoms with E-state index in [4.69, 9.17) is 28.5 Å². The van der Waals surface area contributed by atoms with Crippen LogP contribution < -0.4 is 10.4 Å². The number of aromatic nitrogens is 2. The Labute approximate surface area is 233 Å². The summed E-state index contributed by atoms with van der Waals surface area (Å²) in [4.78, 5) is 72.2. The van der Waals surface area contributed by atoms with E-state index in [1.165, 1.54) is 0 Å². The van der Waals surface area contributed by atoms with Crippen molar-refractivity contribution in [1.29, 1.82) is 0 Å². The highest BCUT2D eigenvalue weighted by Crippen LogP contribution is 2.30. The van der Waals surface area contributed by atoms with Crippen LogP contribution in [0.3, 0.4) is 0 Å². The number of esters is 4. The molecule has 13 heteroatoms. The molecule has 4 rings (SSSR count). The smallest absolute Gasteiger partial charge is 0.303 e. The number of benzene rings is 2. The molecule has 216 valence electrons. The lowest BCUT2D eigenvalue weighted by molar-refractivity contribution is -0.307. The van der Waals surface area contributed by atoms with Crippen molar-refractivity contribution in [3.05, 3.63) is 65.0 Å². The van der Waals surface area contributed by atoms with E-state index in [2.05, 4.69) is 4.98 Å². The van der Waals surface area contributed by atoms with Gasteiger partial charge in [-0.2, -0.15) is 0 Å². The number of para-hydroxylation sites is 1. The van der Waals surface area contributed by atoms with Crippen LogP contribution in [0.1, 0.15) is 27.7 Å². The van der Waals surface area contributed by atoms with Crippen LogP contribution in [0, 0.1) is 0 Å². The standard InChI is InChI=1S/C28H28N2O11/c1-15(31)36-14-22-23(37-16(2)32)24(38-17(3)33)25(39-18(4)34)28(40-22)41-30-26(19-10-6-5-7-11-19)29-21-13-9-8-12-20(21)27(30)35/h5-13,22-25,28H,14H2,1-4H3/t22-,23+,24-,25+,28+/m1/s1. The summed E-state index contributed by atoms with van der Waals surface area (Å²) in [5.41, 5.74) is 0.307. The van der Waals surface area contributed by atoms with Crippen LogP contribution in [0.15, 0.2) is 59.4 Å². The van der Waals surface area contributed by atoms with Crippen molar-refractivity contribution in [3.8, 4) is 11.4 Å². The molecule has 13 nitrogen and oxygen atoms in total. The molecule has 1 aliphatic heterocycles. The second-order valence-corrected chi connectivity index (χ2v) is 9.09. The third-order valence-corrected chi connectivity index (χ3v) is 5.93. The highest BCUT2D eigenvalue weighted by molar-refractivity contribution is 5.79. The minimum Gasteiger partial charge on any atom is -0.463 e. The average Bonchev–Trinajstić information content (AvgIpc) is 2.92. The van der Waals surface area contributed by atoms with Gasteiger partial charge < -0.3 is 28.5 Å². The van der Waals surface area contributed by atoms with E-state index in [0.29, 0.717) is 11.1 Å². The van der Waals surface area contributed by atoms with Crippen molar-refractivity contribution >= 4 is 34.8 Å². The summed E-state index contributed by atoms with van der Waals surface area (Å²) >= 11 is 0. The maximum atomic E-state index is 13.7. The monoisotopic (exact) mass is 568 g/mol. The SMILES string of the molecule is CC(=O)OC[C@H]1O[C@@H](On2c(-c3ccccc3)nc3ccccc3c2=O)[C@@H](OC(C)=O)[C@H](OC(C)=O)[C@H]1OC(C)=O. The van der Waals surface area contributed by atoms with Gasteiger partial charge in [0.15, 0.2) is 18.0 Å². The summed E-state index contributed by atoms with van der Waals surface area (Å²) in [5, 5.41) is 0.220. The van der Waals surface area contributed by atoms with E-state index < -0.39 is 66.7 Å². The number of ether oxygens (including phenoxy) is 5. The lowest BCUT2D eigenvalue weighted by Crippen LogP contribution is -2.64. The molecule has 0 bridgehead atoms. The fourth-order valence-electron chi connectivity index (χ4n) is 4.36. The van der Waals surface area contributed by atoms with Gasteiger partial charge in [0, 0.05) is 33.3 Å². The van der Waals surface area contributed by atoms with Crippen LogP contribution in [0.2, 0.25) is 0 Å². The Morgan fingerprint density at radius 2 is 1.37 bits per heavy atom. The minimum atomic E-state index is -1.63. The highest BCUT2D eigenvalue weighted by atomic mass is 16.8. The molecule has 0 N–H and O–H groups in total. The van der Waals surface area contributed by atoms with Gasteiger partial charge in [-0.1, -0.05) is 42.5 Å². The zero-order valence-electron chi connectivity index (χ0n) is 22.7.